The van der Waals surface area contributed by atoms with Crippen molar-refractivity contribution in [1.82, 2.24) is 4.90 Å². The molecule has 0 aromatic heterocycles. The summed E-state index contributed by atoms with van der Waals surface area (Å²) in [6.45, 7) is 6.85. The van der Waals surface area contributed by atoms with E-state index in [4.69, 9.17) is 9.47 Å². The SMILES string of the molecule is CC1(C)CCc2cc(/C=C/C(=O)N3CCOCC3)ccc2O1. The van der Waals surface area contributed by atoms with Crippen LogP contribution < -0.4 is 4.74 Å². The molecule has 22 heavy (non-hydrogen) atoms. The monoisotopic (exact) mass is 301 g/mol. The highest BCUT2D eigenvalue weighted by atomic mass is 16.5. The Balaban J connectivity index is 1.68. The molecule has 2 aliphatic rings. The Hall–Kier alpha value is -1.81. The van der Waals surface area contributed by atoms with E-state index in [1.54, 1.807) is 6.08 Å². The number of nitrogens with zero attached hydrogens (tertiary/aromatic N) is 1. The van der Waals surface area contributed by atoms with Crippen molar-refractivity contribution in [2.45, 2.75) is 32.3 Å². The molecular weight excluding hydrogens is 278 g/mol. The lowest BCUT2D eigenvalue weighted by molar-refractivity contribution is -0.129. The topological polar surface area (TPSA) is 38.8 Å². The zero-order valence-corrected chi connectivity index (χ0v) is 13.3. The molecule has 4 nitrogen and oxygen atoms in total. The molecule has 1 aromatic rings. The standard InChI is InChI=1S/C18H23NO3/c1-18(2)8-7-15-13-14(3-5-16(15)22-18)4-6-17(20)19-9-11-21-12-10-19/h3-6,13H,7-12H2,1-2H3/b6-4+. The Kier molecular flexibility index (Phi) is 4.21. The summed E-state index contributed by atoms with van der Waals surface area (Å²) in [5, 5.41) is 0. The highest BCUT2D eigenvalue weighted by Gasteiger charge is 2.26. The highest BCUT2D eigenvalue weighted by Crippen LogP contribution is 2.33. The number of rotatable bonds is 2. The van der Waals surface area contributed by atoms with E-state index in [-0.39, 0.29) is 11.5 Å². The second-order valence-corrected chi connectivity index (χ2v) is 6.50. The van der Waals surface area contributed by atoms with E-state index in [1.165, 1.54) is 5.56 Å². The average Bonchev–Trinajstić information content (AvgIpc) is 2.52. The minimum Gasteiger partial charge on any atom is -0.488 e. The van der Waals surface area contributed by atoms with Crippen LogP contribution in [0.25, 0.3) is 6.08 Å². The number of aryl methyl sites for hydroxylation is 1. The van der Waals surface area contributed by atoms with E-state index in [9.17, 15) is 4.79 Å². The van der Waals surface area contributed by atoms with Crippen molar-refractivity contribution in [1.29, 1.82) is 0 Å². The van der Waals surface area contributed by atoms with E-state index in [2.05, 4.69) is 19.9 Å². The van der Waals surface area contributed by atoms with E-state index in [1.807, 2.05) is 23.1 Å². The second-order valence-electron chi connectivity index (χ2n) is 6.50. The Morgan fingerprint density at radius 3 is 2.82 bits per heavy atom. The second kappa shape index (κ2) is 6.13. The zero-order valence-electron chi connectivity index (χ0n) is 13.3. The Labute approximate surface area is 131 Å². The molecule has 0 radical (unpaired) electrons. The van der Waals surface area contributed by atoms with Gasteiger partial charge in [0.15, 0.2) is 0 Å². The summed E-state index contributed by atoms with van der Waals surface area (Å²) in [5.74, 6) is 1.02. The third-order valence-electron chi connectivity index (χ3n) is 4.21. The molecule has 0 spiro atoms. The number of benzene rings is 1. The fourth-order valence-corrected chi connectivity index (χ4v) is 2.84. The van der Waals surface area contributed by atoms with E-state index >= 15 is 0 Å². The van der Waals surface area contributed by atoms with Crippen LogP contribution in [0.4, 0.5) is 0 Å². The first-order valence-corrected chi connectivity index (χ1v) is 7.90. The van der Waals surface area contributed by atoms with Gasteiger partial charge < -0.3 is 14.4 Å². The molecule has 3 rings (SSSR count). The third-order valence-corrected chi connectivity index (χ3v) is 4.21. The molecule has 0 N–H and O–H groups in total. The van der Waals surface area contributed by atoms with Gasteiger partial charge in [-0.3, -0.25) is 4.79 Å². The maximum absolute atomic E-state index is 12.1. The van der Waals surface area contributed by atoms with E-state index in [0.717, 1.165) is 24.2 Å². The quantitative estimate of drug-likeness (QED) is 0.788. The number of ether oxygens (including phenoxy) is 2. The normalized spacial score (nSPS) is 20.5. The molecular formula is C18H23NO3. The molecule has 0 atom stereocenters. The van der Waals surface area contributed by atoms with Gasteiger partial charge in [-0.05, 0) is 56.0 Å². The van der Waals surface area contributed by atoms with Crippen LogP contribution >= 0.6 is 0 Å². The summed E-state index contributed by atoms with van der Waals surface area (Å²) in [6.07, 6.45) is 5.57. The molecule has 0 aliphatic carbocycles. The first kappa shape index (κ1) is 15.1. The van der Waals surface area contributed by atoms with Crippen LogP contribution in [-0.4, -0.2) is 42.7 Å². The average molecular weight is 301 g/mol. The minimum absolute atomic E-state index is 0.0541. The fraction of sp³-hybridized carbons (Fsp3) is 0.500. The number of hydrogen-bond acceptors (Lipinski definition) is 3. The number of carbonyl (C=O) groups is 1. The fourth-order valence-electron chi connectivity index (χ4n) is 2.84. The number of amides is 1. The summed E-state index contributed by atoms with van der Waals surface area (Å²) >= 11 is 0. The van der Waals surface area contributed by atoms with Crippen LogP contribution in [0, 0.1) is 0 Å². The van der Waals surface area contributed by atoms with Crippen LogP contribution in [0.1, 0.15) is 31.4 Å². The zero-order chi connectivity index (χ0) is 15.6. The van der Waals surface area contributed by atoms with Gasteiger partial charge in [-0.1, -0.05) is 6.07 Å². The van der Waals surface area contributed by atoms with Gasteiger partial charge in [0.1, 0.15) is 11.4 Å². The van der Waals surface area contributed by atoms with Gasteiger partial charge in [0, 0.05) is 19.2 Å². The highest BCUT2D eigenvalue weighted by molar-refractivity contribution is 5.91. The van der Waals surface area contributed by atoms with Crippen molar-refractivity contribution in [2.24, 2.45) is 0 Å². The van der Waals surface area contributed by atoms with Gasteiger partial charge in [0.2, 0.25) is 5.91 Å². The summed E-state index contributed by atoms with van der Waals surface area (Å²) in [4.78, 5) is 13.9. The molecule has 1 amide bonds. The van der Waals surface area contributed by atoms with Gasteiger partial charge >= 0.3 is 0 Å². The predicted molar refractivity (Wildman–Crippen MR) is 85.9 cm³/mol. The molecule has 0 unspecified atom stereocenters. The summed E-state index contributed by atoms with van der Waals surface area (Å²) in [5.41, 5.74) is 2.18. The maximum atomic E-state index is 12.1. The largest absolute Gasteiger partial charge is 0.488 e. The van der Waals surface area contributed by atoms with Crippen molar-refractivity contribution in [3.63, 3.8) is 0 Å². The number of fused-ring (bicyclic) bond motifs is 1. The van der Waals surface area contributed by atoms with Crippen molar-refractivity contribution in [3.8, 4) is 5.75 Å². The lowest BCUT2D eigenvalue weighted by Crippen LogP contribution is -2.39. The van der Waals surface area contributed by atoms with Crippen LogP contribution in [0.5, 0.6) is 5.75 Å². The molecule has 2 aliphatic heterocycles. The number of morpholine rings is 1. The van der Waals surface area contributed by atoms with Gasteiger partial charge in [-0.15, -0.1) is 0 Å². The lowest BCUT2D eigenvalue weighted by atomic mass is 9.93. The lowest BCUT2D eigenvalue weighted by Gasteiger charge is -2.32. The summed E-state index contributed by atoms with van der Waals surface area (Å²) in [7, 11) is 0. The van der Waals surface area contributed by atoms with Crippen molar-refractivity contribution in [2.75, 3.05) is 26.3 Å². The van der Waals surface area contributed by atoms with Gasteiger partial charge in [0.25, 0.3) is 0 Å². The predicted octanol–water partition coefficient (Wildman–Crippen LogP) is 2.66. The Bertz CT molecular complexity index is 586. The first-order valence-electron chi connectivity index (χ1n) is 7.90. The third kappa shape index (κ3) is 3.50. The Morgan fingerprint density at radius 1 is 1.27 bits per heavy atom. The molecule has 118 valence electrons. The van der Waals surface area contributed by atoms with Gasteiger partial charge in [-0.25, -0.2) is 0 Å². The molecule has 1 saturated heterocycles. The van der Waals surface area contributed by atoms with E-state index in [0.29, 0.717) is 26.3 Å². The Morgan fingerprint density at radius 2 is 2.05 bits per heavy atom. The molecule has 4 heteroatoms. The van der Waals surface area contributed by atoms with Crippen LogP contribution in [-0.2, 0) is 16.0 Å². The molecule has 1 aromatic carbocycles. The minimum atomic E-state index is -0.0867. The van der Waals surface area contributed by atoms with E-state index < -0.39 is 0 Å². The van der Waals surface area contributed by atoms with Crippen molar-refractivity contribution < 1.29 is 14.3 Å². The molecule has 0 saturated carbocycles. The smallest absolute Gasteiger partial charge is 0.246 e. The number of carbonyl (C=O) groups excluding carboxylic acids is 1. The van der Waals surface area contributed by atoms with Crippen LogP contribution in [0.2, 0.25) is 0 Å². The molecule has 0 bridgehead atoms. The number of hydrogen-bond donors (Lipinski definition) is 0. The molecule has 1 fully saturated rings. The summed E-state index contributed by atoms with van der Waals surface area (Å²) in [6, 6.07) is 6.13. The van der Waals surface area contributed by atoms with Gasteiger partial charge in [0.05, 0.1) is 13.2 Å². The maximum Gasteiger partial charge on any atom is 0.246 e. The first-order chi connectivity index (χ1) is 10.5. The van der Waals surface area contributed by atoms with Gasteiger partial charge in [-0.2, -0.15) is 0 Å². The molecule has 2 heterocycles. The van der Waals surface area contributed by atoms with Crippen molar-refractivity contribution >= 4 is 12.0 Å². The van der Waals surface area contributed by atoms with Crippen molar-refractivity contribution in [3.05, 3.63) is 35.4 Å². The summed E-state index contributed by atoms with van der Waals surface area (Å²) < 4.78 is 11.2. The van der Waals surface area contributed by atoms with Crippen LogP contribution in [0.15, 0.2) is 24.3 Å². The van der Waals surface area contributed by atoms with Crippen LogP contribution in [0.3, 0.4) is 0 Å².